The molecule has 1 aliphatic rings. The predicted octanol–water partition coefficient (Wildman–Crippen LogP) is 3.74. The van der Waals surface area contributed by atoms with Gasteiger partial charge in [0.1, 0.15) is 5.82 Å². The number of rotatable bonds is 5. The molecule has 1 N–H and O–H groups in total. The van der Waals surface area contributed by atoms with E-state index in [1.165, 1.54) is 38.8 Å². The molecule has 0 saturated carbocycles. The lowest BCUT2D eigenvalue weighted by Crippen LogP contribution is -2.33. The number of benzene rings is 1. The Morgan fingerprint density at radius 2 is 2.10 bits per heavy atom. The summed E-state index contributed by atoms with van der Waals surface area (Å²) in [6.45, 7) is 7.87. The quantitative estimate of drug-likeness (QED) is 0.882. The van der Waals surface area contributed by atoms with Gasteiger partial charge in [-0.15, -0.1) is 0 Å². The van der Waals surface area contributed by atoms with Gasteiger partial charge in [0.2, 0.25) is 0 Å². The number of halogens is 1. The summed E-state index contributed by atoms with van der Waals surface area (Å²) in [6.07, 6.45) is 4.82. The molecule has 0 radical (unpaired) electrons. The highest BCUT2D eigenvalue weighted by Gasteiger charge is 2.19. The smallest absolute Gasteiger partial charge is 0.127 e. The van der Waals surface area contributed by atoms with E-state index in [1.54, 1.807) is 12.1 Å². The van der Waals surface area contributed by atoms with Crippen LogP contribution in [-0.4, -0.2) is 30.6 Å². The van der Waals surface area contributed by atoms with Crippen LogP contribution in [-0.2, 0) is 0 Å². The maximum Gasteiger partial charge on any atom is 0.127 e. The molecule has 2 rings (SSSR count). The lowest BCUT2D eigenvalue weighted by Gasteiger charge is -2.23. The maximum absolute atomic E-state index is 13.8. The Balaban J connectivity index is 1.88. The fourth-order valence-electron chi connectivity index (χ4n) is 3.13. The molecule has 1 fully saturated rings. The summed E-state index contributed by atoms with van der Waals surface area (Å²) < 4.78 is 13.8. The molecule has 3 heteroatoms. The van der Waals surface area contributed by atoms with Crippen molar-refractivity contribution in [3.8, 4) is 0 Å². The highest BCUT2D eigenvalue weighted by molar-refractivity contribution is 5.20. The van der Waals surface area contributed by atoms with Gasteiger partial charge in [-0.05, 0) is 58.3 Å². The second-order valence-electron chi connectivity index (χ2n) is 5.88. The summed E-state index contributed by atoms with van der Waals surface area (Å²) in [6, 6.07) is 7.67. The molecule has 20 heavy (non-hydrogen) atoms. The number of hydrogen-bond donors (Lipinski definition) is 1. The summed E-state index contributed by atoms with van der Waals surface area (Å²) in [5.74, 6) is -0.103. The van der Waals surface area contributed by atoms with Crippen LogP contribution in [0.1, 0.15) is 51.1 Å². The van der Waals surface area contributed by atoms with Crippen LogP contribution >= 0.6 is 0 Å². The van der Waals surface area contributed by atoms with E-state index in [9.17, 15) is 4.39 Å². The topological polar surface area (TPSA) is 15.3 Å². The summed E-state index contributed by atoms with van der Waals surface area (Å²) in [5, 5.41) is 3.61. The third-order valence-corrected chi connectivity index (χ3v) is 4.22. The molecule has 1 aliphatic heterocycles. The first-order chi connectivity index (χ1) is 9.70. The van der Waals surface area contributed by atoms with Crippen molar-refractivity contribution in [2.75, 3.05) is 19.6 Å². The zero-order valence-electron chi connectivity index (χ0n) is 12.7. The highest BCUT2D eigenvalue weighted by atomic mass is 19.1. The summed E-state index contributed by atoms with van der Waals surface area (Å²) >= 11 is 0. The average molecular weight is 278 g/mol. The van der Waals surface area contributed by atoms with Gasteiger partial charge in [-0.3, -0.25) is 0 Å². The number of nitrogens with zero attached hydrogens (tertiary/aromatic N) is 1. The minimum Gasteiger partial charge on any atom is -0.307 e. The number of likely N-dealkylation sites (tertiary alicyclic amines) is 1. The first-order valence-corrected chi connectivity index (χ1v) is 7.93. The fourth-order valence-corrected chi connectivity index (χ4v) is 3.13. The van der Waals surface area contributed by atoms with Crippen LogP contribution in [0.15, 0.2) is 24.3 Å². The molecule has 2 nitrogen and oxygen atoms in total. The molecule has 0 spiro atoms. The second-order valence-corrected chi connectivity index (χ2v) is 5.88. The van der Waals surface area contributed by atoms with E-state index in [4.69, 9.17) is 0 Å². The second kappa shape index (κ2) is 7.75. The molecule has 0 aromatic heterocycles. The molecular formula is C17H27FN2. The van der Waals surface area contributed by atoms with Crippen molar-refractivity contribution in [2.24, 2.45) is 0 Å². The Bertz CT molecular complexity index is 408. The van der Waals surface area contributed by atoms with Gasteiger partial charge in [0.15, 0.2) is 0 Å². The van der Waals surface area contributed by atoms with Gasteiger partial charge in [-0.1, -0.05) is 25.1 Å². The van der Waals surface area contributed by atoms with Crippen LogP contribution in [0.3, 0.4) is 0 Å². The summed E-state index contributed by atoms with van der Waals surface area (Å²) in [5.41, 5.74) is 0.780. The van der Waals surface area contributed by atoms with Crippen LogP contribution in [0.5, 0.6) is 0 Å². The van der Waals surface area contributed by atoms with E-state index in [2.05, 4.69) is 24.1 Å². The molecule has 112 valence electrons. The Morgan fingerprint density at radius 3 is 2.85 bits per heavy atom. The molecule has 0 aliphatic carbocycles. The predicted molar refractivity (Wildman–Crippen MR) is 82.3 cm³/mol. The van der Waals surface area contributed by atoms with E-state index in [0.29, 0.717) is 6.04 Å². The zero-order valence-corrected chi connectivity index (χ0v) is 12.7. The highest BCUT2D eigenvalue weighted by Crippen LogP contribution is 2.19. The SMILES string of the molecule is CCCN1CCCC(NC(C)c2ccccc2F)CC1. The molecule has 2 unspecified atom stereocenters. The Kier molecular flexibility index (Phi) is 5.99. The Hall–Kier alpha value is -0.930. The van der Waals surface area contributed by atoms with Gasteiger partial charge in [-0.2, -0.15) is 0 Å². The first-order valence-electron chi connectivity index (χ1n) is 7.93. The minimum absolute atomic E-state index is 0.0823. The van der Waals surface area contributed by atoms with Crippen LogP contribution in [0.4, 0.5) is 4.39 Å². The standard InChI is InChI=1S/C17H27FN2/c1-3-11-20-12-6-7-15(10-13-20)19-14(2)16-8-4-5-9-17(16)18/h4-5,8-9,14-15,19H,3,6-7,10-13H2,1-2H3. The van der Waals surface area contributed by atoms with Gasteiger partial charge in [0.25, 0.3) is 0 Å². The molecular weight excluding hydrogens is 251 g/mol. The van der Waals surface area contributed by atoms with E-state index >= 15 is 0 Å². The molecule has 0 amide bonds. The lowest BCUT2D eigenvalue weighted by atomic mass is 10.0. The number of hydrogen-bond acceptors (Lipinski definition) is 2. The van der Waals surface area contributed by atoms with Gasteiger partial charge < -0.3 is 10.2 Å². The third-order valence-electron chi connectivity index (χ3n) is 4.22. The maximum atomic E-state index is 13.8. The van der Waals surface area contributed by atoms with Gasteiger partial charge in [-0.25, -0.2) is 4.39 Å². The van der Waals surface area contributed by atoms with E-state index in [0.717, 1.165) is 12.1 Å². The van der Waals surface area contributed by atoms with Crippen LogP contribution in [0, 0.1) is 5.82 Å². The molecule has 1 heterocycles. The van der Waals surface area contributed by atoms with Crippen molar-refractivity contribution >= 4 is 0 Å². The zero-order chi connectivity index (χ0) is 14.4. The van der Waals surface area contributed by atoms with Crippen molar-refractivity contribution in [3.05, 3.63) is 35.6 Å². The Morgan fingerprint density at radius 1 is 1.30 bits per heavy atom. The van der Waals surface area contributed by atoms with Crippen LogP contribution in [0.2, 0.25) is 0 Å². The van der Waals surface area contributed by atoms with Crippen molar-refractivity contribution in [3.63, 3.8) is 0 Å². The van der Waals surface area contributed by atoms with Gasteiger partial charge in [0.05, 0.1) is 0 Å². The molecule has 1 aromatic rings. The number of nitrogens with one attached hydrogen (secondary N) is 1. The Labute approximate surface area is 122 Å². The third kappa shape index (κ3) is 4.29. The monoisotopic (exact) mass is 278 g/mol. The normalized spacial score (nSPS) is 22.4. The van der Waals surface area contributed by atoms with E-state index in [1.807, 2.05) is 12.1 Å². The first kappa shape index (κ1) is 15.5. The lowest BCUT2D eigenvalue weighted by molar-refractivity contribution is 0.281. The molecule has 2 atom stereocenters. The van der Waals surface area contributed by atoms with Gasteiger partial charge in [0, 0.05) is 17.6 Å². The van der Waals surface area contributed by atoms with Crippen molar-refractivity contribution in [1.82, 2.24) is 10.2 Å². The van der Waals surface area contributed by atoms with Crippen molar-refractivity contribution in [2.45, 2.75) is 51.6 Å². The van der Waals surface area contributed by atoms with Crippen LogP contribution < -0.4 is 5.32 Å². The minimum atomic E-state index is -0.103. The fraction of sp³-hybridized carbons (Fsp3) is 0.647. The van der Waals surface area contributed by atoms with E-state index < -0.39 is 0 Å². The molecule has 1 aromatic carbocycles. The van der Waals surface area contributed by atoms with Crippen molar-refractivity contribution < 1.29 is 4.39 Å². The largest absolute Gasteiger partial charge is 0.307 e. The summed E-state index contributed by atoms with van der Waals surface area (Å²) in [4.78, 5) is 2.55. The molecule has 1 saturated heterocycles. The van der Waals surface area contributed by atoms with Crippen molar-refractivity contribution in [1.29, 1.82) is 0 Å². The van der Waals surface area contributed by atoms with Gasteiger partial charge >= 0.3 is 0 Å². The average Bonchev–Trinajstić information content (AvgIpc) is 2.65. The molecule has 0 bridgehead atoms. The van der Waals surface area contributed by atoms with E-state index in [-0.39, 0.29) is 11.9 Å². The van der Waals surface area contributed by atoms with Crippen LogP contribution in [0.25, 0.3) is 0 Å². The summed E-state index contributed by atoms with van der Waals surface area (Å²) in [7, 11) is 0.